The largest absolute Gasteiger partial charge is 0.466 e. The number of sulfonamides is 1. The smallest absolute Gasteiger partial charge is 0.331 e. The number of benzene rings is 2. The first-order chi connectivity index (χ1) is 14.7. The van der Waals surface area contributed by atoms with E-state index in [0.29, 0.717) is 5.57 Å². The number of hydrogen-bond acceptors (Lipinski definition) is 4. The van der Waals surface area contributed by atoms with Gasteiger partial charge in [0, 0.05) is 19.2 Å². The van der Waals surface area contributed by atoms with Gasteiger partial charge in [-0.3, -0.25) is 0 Å². The fourth-order valence-electron chi connectivity index (χ4n) is 2.70. The van der Waals surface area contributed by atoms with Gasteiger partial charge in [0.1, 0.15) is 0 Å². The number of nitrogens with zero attached hydrogens (tertiary/aromatic N) is 1. The average Bonchev–Trinajstić information content (AvgIpc) is 2.75. The number of rotatable bonds is 9. The first-order valence-corrected chi connectivity index (χ1v) is 12.2. The van der Waals surface area contributed by atoms with E-state index in [4.69, 9.17) is 4.74 Å². The van der Waals surface area contributed by atoms with Gasteiger partial charge in [-0.15, -0.1) is 0 Å². The summed E-state index contributed by atoms with van der Waals surface area (Å²) in [5.41, 5.74) is 2.47. The number of esters is 1. The minimum atomic E-state index is -3.68. The van der Waals surface area contributed by atoms with Gasteiger partial charge in [-0.05, 0) is 63.3 Å². The van der Waals surface area contributed by atoms with Crippen molar-refractivity contribution in [3.8, 4) is 0 Å². The SMILES string of the molecule is COC(=O)/C=C(\C=C\CN(C/C=C(\C)I)S(=O)(=O)c1ccc(C)cc1)c1ccccc1. The second-order valence-electron chi connectivity index (χ2n) is 6.82. The summed E-state index contributed by atoms with van der Waals surface area (Å²) >= 11 is 2.16. The van der Waals surface area contributed by atoms with Crippen LogP contribution in [-0.4, -0.2) is 38.9 Å². The molecule has 0 unspecified atom stereocenters. The normalized spacial score (nSPS) is 13.1. The topological polar surface area (TPSA) is 63.7 Å². The van der Waals surface area contributed by atoms with Crippen LogP contribution in [0.4, 0.5) is 0 Å². The second-order valence-corrected chi connectivity index (χ2v) is 10.5. The van der Waals surface area contributed by atoms with Crippen LogP contribution in [0.15, 0.2) is 87.4 Å². The van der Waals surface area contributed by atoms with Crippen LogP contribution < -0.4 is 0 Å². The standard InChI is InChI=1S/C24H26INO4S/c1-19-11-13-23(14-12-19)31(28,29)26(17-15-20(2)25)16-7-10-22(18-24(27)30-3)21-8-5-4-6-9-21/h4-15,18H,16-17H2,1-3H3/b10-7+,20-15+,22-18+. The van der Waals surface area contributed by atoms with Crippen molar-refractivity contribution in [2.75, 3.05) is 20.2 Å². The Hall–Kier alpha value is -2.23. The number of carbonyl (C=O) groups excluding carboxylic acids is 1. The van der Waals surface area contributed by atoms with Crippen molar-refractivity contribution in [3.05, 3.63) is 93.6 Å². The van der Waals surface area contributed by atoms with Crippen LogP contribution >= 0.6 is 22.6 Å². The maximum Gasteiger partial charge on any atom is 0.331 e. The molecule has 0 fully saturated rings. The summed E-state index contributed by atoms with van der Waals surface area (Å²) in [5.74, 6) is -0.476. The molecule has 0 saturated carbocycles. The molecule has 0 aromatic heterocycles. The second kappa shape index (κ2) is 12.0. The van der Waals surface area contributed by atoms with Crippen LogP contribution in [0.3, 0.4) is 0 Å². The minimum absolute atomic E-state index is 0.155. The third kappa shape index (κ3) is 7.75. The summed E-state index contributed by atoms with van der Waals surface area (Å²) in [6.45, 7) is 4.23. The molecule has 0 aliphatic carbocycles. The number of allylic oxidation sites excluding steroid dienone is 3. The lowest BCUT2D eigenvalue weighted by molar-refractivity contribution is -0.134. The predicted molar refractivity (Wildman–Crippen MR) is 133 cm³/mol. The first-order valence-electron chi connectivity index (χ1n) is 9.64. The van der Waals surface area contributed by atoms with Crippen molar-refractivity contribution in [1.29, 1.82) is 0 Å². The van der Waals surface area contributed by atoms with Gasteiger partial charge in [-0.25, -0.2) is 13.2 Å². The van der Waals surface area contributed by atoms with Gasteiger partial charge >= 0.3 is 5.97 Å². The summed E-state index contributed by atoms with van der Waals surface area (Å²) in [7, 11) is -2.36. The van der Waals surface area contributed by atoms with Crippen molar-refractivity contribution in [2.45, 2.75) is 18.7 Å². The molecule has 0 spiro atoms. The Morgan fingerprint density at radius 3 is 2.29 bits per heavy atom. The zero-order valence-electron chi connectivity index (χ0n) is 17.8. The molecule has 0 N–H and O–H groups in total. The number of ether oxygens (including phenoxy) is 1. The Kier molecular flexibility index (Phi) is 9.67. The van der Waals surface area contributed by atoms with Crippen LogP contribution in [0.1, 0.15) is 18.1 Å². The zero-order valence-corrected chi connectivity index (χ0v) is 20.8. The van der Waals surface area contributed by atoms with Crippen molar-refractivity contribution < 1.29 is 17.9 Å². The minimum Gasteiger partial charge on any atom is -0.466 e. The molecule has 31 heavy (non-hydrogen) atoms. The zero-order chi connectivity index (χ0) is 22.9. The number of aryl methyl sites for hydroxylation is 1. The highest BCUT2D eigenvalue weighted by Crippen LogP contribution is 2.19. The van der Waals surface area contributed by atoms with Gasteiger partial charge in [0.25, 0.3) is 0 Å². The van der Waals surface area contributed by atoms with Crippen LogP contribution in [0, 0.1) is 6.92 Å². The first kappa shape index (κ1) is 25.0. The van der Waals surface area contributed by atoms with Crippen molar-refractivity contribution in [1.82, 2.24) is 4.31 Å². The van der Waals surface area contributed by atoms with Gasteiger partial charge in [-0.2, -0.15) is 4.31 Å². The Morgan fingerprint density at radius 1 is 1.06 bits per heavy atom. The van der Waals surface area contributed by atoms with Crippen molar-refractivity contribution in [3.63, 3.8) is 0 Å². The van der Waals surface area contributed by atoms with Gasteiger partial charge in [0.05, 0.1) is 12.0 Å². The molecule has 5 nitrogen and oxygen atoms in total. The molecular weight excluding hydrogens is 525 g/mol. The van der Waals surface area contributed by atoms with E-state index in [0.717, 1.165) is 14.7 Å². The summed E-state index contributed by atoms with van der Waals surface area (Å²) in [5, 5.41) is 0. The Labute approximate surface area is 198 Å². The highest BCUT2D eigenvalue weighted by molar-refractivity contribution is 14.1. The van der Waals surface area contributed by atoms with E-state index in [1.165, 1.54) is 17.5 Å². The highest BCUT2D eigenvalue weighted by Gasteiger charge is 2.22. The Balaban J connectivity index is 2.34. The van der Waals surface area contributed by atoms with E-state index < -0.39 is 16.0 Å². The fourth-order valence-corrected chi connectivity index (χ4v) is 4.23. The molecule has 0 atom stereocenters. The molecular formula is C24H26INO4S. The van der Waals surface area contributed by atoms with E-state index in [1.807, 2.05) is 50.3 Å². The molecule has 0 heterocycles. The molecule has 0 saturated heterocycles. The summed E-state index contributed by atoms with van der Waals surface area (Å²) < 4.78 is 33.5. The van der Waals surface area contributed by atoms with Gasteiger partial charge in [-0.1, -0.05) is 66.3 Å². The van der Waals surface area contributed by atoms with E-state index in [1.54, 1.807) is 36.4 Å². The molecule has 7 heteroatoms. The molecule has 0 aliphatic heterocycles. The maximum absolute atomic E-state index is 13.2. The lowest BCUT2D eigenvalue weighted by atomic mass is 10.1. The molecule has 0 aliphatic rings. The Morgan fingerprint density at radius 2 is 1.71 bits per heavy atom. The Bertz CT molecular complexity index is 1070. The van der Waals surface area contributed by atoms with Crippen LogP contribution in [0.25, 0.3) is 5.57 Å². The molecule has 164 valence electrons. The molecule has 2 aromatic rings. The van der Waals surface area contributed by atoms with Crippen molar-refractivity contribution in [2.24, 2.45) is 0 Å². The summed E-state index contributed by atoms with van der Waals surface area (Å²) in [6.07, 6.45) is 6.73. The van der Waals surface area contributed by atoms with E-state index in [-0.39, 0.29) is 18.0 Å². The highest BCUT2D eigenvalue weighted by atomic mass is 127. The number of halogens is 1. The monoisotopic (exact) mass is 551 g/mol. The third-order valence-electron chi connectivity index (χ3n) is 4.42. The van der Waals surface area contributed by atoms with E-state index >= 15 is 0 Å². The number of methoxy groups -OCH3 is 1. The van der Waals surface area contributed by atoms with E-state index in [9.17, 15) is 13.2 Å². The summed E-state index contributed by atoms with van der Waals surface area (Å²) in [4.78, 5) is 12.0. The van der Waals surface area contributed by atoms with Crippen LogP contribution in [-0.2, 0) is 19.6 Å². The average molecular weight is 551 g/mol. The molecule has 0 amide bonds. The summed E-state index contributed by atoms with van der Waals surface area (Å²) in [6, 6.07) is 16.2. The number of carbonyl (C=O) groups is 1. The molecule has 0 radical (unpaired) electrons. The number of hydrogen-bond donors (Lipinski definition) is 0. The van der Waals surface area contributed by atoms with Gasteiger partial charge in [0.15, 0.2) is 0 Å². The lowest BCUT2D eigenvalue weighted by Gasteiger charge is -2.19. The molecule has 2 aromatic carbocycles. The lowest BCUT2D eigenvalue weighted by Crippen LogP contribution is -2.31. The third-order valence-corrected chi connectivity index (χ3v) is 6.71. The maximum atomic E-state index is 13.2. The van der Waals surface area contributed by atoms with Gasteiger partial charge in [0.2, 0.25) is 10.0 Å². The van der Waals surface area contributed by atoms with Crippen LogP contribution in [0.2, 0.25) is 0 Å². The quantitative estimate of drug-likeness (QED) is 0.188. The fraction of sp³-hybridized carbons (Fsp3) is 0.208. The van der Waals surface area contributed by atoms with Gasteiger partial charge < -0.3 is 4.74 Å². The van der Waals surface area contributed by atoms with Crippen molar-refractivity contribution >= 4 is 44.2 Å². The predicted octanol–water partition coefficient (Wildman–Crippen LogP) is 5.14. The molecule has 0 bridgehead atoms. The van der Waals surface area contributed by atoms with Crippen LogP contribution in [0.5, 0.6) is 0 Å². The van der Waals surface area contributed by atoms with E-state index in [2.05, 4.69) is 22.6 Å². The molecule has 2 rings (SSSR count).